The molecule has 21 heavy (non-hydrogen) atoms. The summed E-state index contributed by atoms with van der Waals surface area (Å²) in [5.41, 5.74) is 1.00. The van der Waals surface area contributed by atoms with Crippen LogP contribution in [0.25, 0.3) is 0 Å². The van der Waals surface area contributed by atoms with Gasteiger partial charge in [0, 0.05) is 24.7 Å². The van der Waals surface area contributed by atoms with Crippen LogP contribution in [0.2, 0.25) is 0 Å². The third-order valence-corrected chi connectivity index (χ3v) is 4.07. The Morgan fingerprint density at radius 3 is 2.71 bits per heavy atom. The molecule has 0 bridgehead atoms. The van der Waals surface area contributed by atoms with Crippen molar-refractivity contribution in [2.45, 2.75) is 44.0 Å². The Morgan fingerprint density at radius 1 is 1.19 bits per heavy atom. The summed E-state index contributed by atoms with van der Waals surface area (Å²) < 4.78 is 10.6. The molecule has 1 atom stereocenters. The average Bonchev–Trinajstić information content (AvgIpc) is 2.97. The van der Waals surface area contributed by atoms with E-state index in [1.165, 1.54) is 0 Å². The molecule has 0 aromatic heterocycles. The highest BCUT2D eigenvalue weighted by Crippen LogP contribution is 2.22. The van der Waals surface area contributed by atoms with E-state index < -0.39 is 0 Å². The lowest BCUT2D eigenvalue weighted by atomic mass is 9.86. The fourth-order valence-electron chi connectivity index (χ4n) is 2.80. The van der Waals surface area contributed by atoms with Crippen molar-refractivity contribution >= 4 is 6.09 Å². The summed E-state index contributed by atoms with van der Waals surface area (Å²) in [5, 5.41) is 6.47. The number of ether oxygens (including phenoxy) is 2. The minimum absolute atomic E-state index is 0.230. The molecule has 1 amide bonds. The van der Waals surface area contributed by atoms with Crippen molar-refractivity contribution in [3.63, 3.8) is 0 Å². The standard InChI is InChI=1S/C16H22N2O3/c19-16(21-10-12-4-2-1-3-5-12)18-15-8-14(9-15)17-13-6-7-20-11-13/h1-5,13-15,17H,6-11H2,(H,18,19). The first-order chi connectivity index (χ1) is 10.3. The lowest BCUT2D eigenvalue weighted by Gasteiger charge is -2.37. The second kappa shape index (κ2) is 6.91. The van der Waals surface area contributed by atoms with Crippen molar-refractivity contribution in [2.24, 2.45) is 0 Å². The van der Waals surface area contributed by atoms with Gasteiger partial charge in [0.25, 0.3) is 0 Å². The predicted octanol–water partition coefficient (Wildman–Crippen LogP) is 1.82. The molecule has 0 spiro atoms. The molecule has 1 aliphatic heterocycles. The maximum Gasteiger partial charge on any atom is 0.407 e. The van der Waals surface area contributed by atoms with Crippen LogP contribution in [0.5, 0.6) is 0 Å². The highest BCUT2D eigenvalue weighted by atomic mass is 16.5. The molecule has 2 aliphatic rings. The molecule has 1 aliphatic carbocycles. The zero-order valence-corrected chi connectivity index (χ0v) is 12.1. The van der Waals surface area contributed by atoms with Crippen LogP contribution in [-0.2, 0) is 16.1 Å². The number of carbonyl (C=O) groups excluding carboxylic acids is 1. The SMILES string of the molecule is O=C(NC1CC(NC2CCOC2)C1)OCc1ccccc1. The van der Waals surface area contributed by atoms with Gasteiger partial charge in [0.05, 0.1) is 6.61 Å². The van der Waals surface area contributed by atoms with Crippen LogP contribution in [0.1, 0.15) is 24.8 Å². The van der Waals surface area contributed by atoms with Gasteiger partial charge in [-0.25, -0.2) is 4.79 Å². The largest absolute Gasteiger partial charge is 0.445 e. The fourth-order valence-corrected chi connectivity index (χ4v) is 2.80. The zero-order valence-electron chi connectivity index (χ0n) is 12.1. The van der Waals surface area contributed by atoms with Crippen molar-refractivity contribution < 1.29 is 14.3 Å². The molecule has 2 fully saturated rings. The summed E-state index contributed by atoms with van der Waals surface area (Å²) >= 11 is 0. The number of rotatable bonds is 5. The number of benzene rings is 1. The molecular weight excluding hydrogens is 268 g/mol. The van der Waals surface area contributed by atoms with E-state index in [0.717, 1.165) is 38.0 Å². The number of carbonyl (C=O) groups is 1. The topological polar surface area (TPSA) is 59.6 Å². The summed E-state index contributed by atoms with van der Waals surface area (Å²) in [4.78, 5) is 11.7. The molecule has 114 valence electrons. The third-order valence-electron chi connectivity index (χ3n) is 4.07. The number of alkyl carbamates (subject to hydrolysis) is 1. The minimum Gasteiger partial charge on any atom is -0.445 e. The van der Waals surface area contributed by atoms with Crippen LogP contribution >= 0.6 is 0 Å². The Kier molecular flexibility index (Phi) is 4.72. The lowest BCUT2D eigenvalue weighted by molar-refractivity contribution is 0.123. The highest BCUT2D eigenvalue weighted by molar-refractivity contribution is 5.67. The zero-order chi connectivity index (χ0) is 14.5. The van der Waals surface area contributed by atoms with Crippen molar-refractivity contribution in [3.8, 4) is 0 Å². The van der Waals surface area contributed by atoms with Crippen molar-refractivity contribution in [3.05, 3.63) is 35.9 Å². The maximum absolute atomic E-state index is 11.7. The van der Waals surface area contributed by atoms with Gasteiger partial charge < -0.3 is 20.1 Å². The van der Waals surface area contributed by atoms with Gasteiger partial charge in [-0.3, -0.25) is 0 Å². The van der Waals surface area contributed by atoms with E-state index in [0.29, 0.717) is 18.7 Å². The van der Waals surface area contributed by atoms with Crippen LogP contribution in [0.3, 0.4) is 0 Å². The van der Waals surface area contributed by atoms with E-state index in [2.05, 4.69) is 10.6 Å². The summed E-state index contributed by atoms with van der Waals surface area (Å²) in [6.45, 7) is 1.99. The number of hydrogen-bond donors (Lipinski definition) is 2. The van der Waals surface area contributed by atoms with Gasteiger partial charge in [-0.15, -0.1) is 0 Å². The normalized spacial score (nSPS) is 27.9. The third kappa shape index (κ3) is 4.19. The number of hydrogen-bond acceptors (Lipinski definition) is 4. The quantitative estimate of drug-likeness (QED) is 0.868. The molecule has 5 heteroatoms. The molecule has 3 rings (SSSR count). The van der Waals surface area contributed by atoms with Crippen LogP contribution in [0.15, 0.2) is 30.3 Å². The maximum atomic E-state index is 11.7. The molecule has 5 nitrogen and oxygen atoms in total. The lowest BCUT2D eigenvalue weighted by Crippen LogP contribution is -2.54. The first-order valence-corrected chi connectivity index (χ1v) is 7.60. The van der Waals surface area contributed by atoms with Crippen LogP contribution in [0, 0.1) is 0 Å². The van der Waals surface area contributed by atoms with Gasteiger partial charge in [-0.2, -0.15) is 0 Å². The van der Waals surface area contributed by atoms with E-state index >= 15 is 0 Å². The molecule has 1 saturated heterocycles. The van der Waals surface area contributed by atoms with E-state index in [1.807, 2.05) is 30.3 Å². The summed E-state index contributed by atoms with van der Waals surface area (Å²) in [7, 11) is 0. The fraction of sp³-hybridized carbons (Fsp3) is 0.562. The second-order valence-corrected chi connectivity index (χ2v) is 5.80. The molecule has 1 heterocycles. The van der Waals surface area contributed by atoms with Gasteiger partial charge in [-0.05, 0) is 24.8 Å². The van der Waals surface area contributed by atoms with Crippen molar-refractivity contribution in [1.29, 1.82) is 0 Å². The minimum atomic E-state index is -0.327. The van der Waals surface area contributed by atoms with Gasteiger partial charge >= 0.3 is 6.09 Å². The van der Waals surface area contributed by atoms with E-state index in [-0.39, 0.29) is 12.1 Å². The summed E-state index contributed by atoms with van der Waals surface area (Å²) in [6, 6.07) is 10.9. The Bertz CT molecular complexity index is 454. The Hall–Kier alpha value is -1.59. The van der Waals surface area contributed by atoms with Gasteiger partial charge in [0.2, 0.25) is 0 Å². The molecule has 2 N–H and O–H groups in total. The summed E-state index contributed by atoms with van der Waals surface area (Å²) in [6.07, 6.45) is 2.70. The molecular formula is C16H22N2O3. The average molecular weight is 290 g/mol. The van der Waals surface area contributed by atoms with E-state index in [1.54, 1.807) is 0 Å². The molecule has 0 radical (unpaired) electrons. The van der Waals surface area contributed by atoms with Crippen molar-refractivity contribution in [2.75, 3.05) is 13.2 Å². The smallest absolute Gasteiger partial charge is 0.407 e. The first-order valence-electron chi connectivity index (χ1n) is 7.60. The monoisotopic (exact) mass is 290 g/mol. The number of amides is 1. The molecule has 1 aromatic rings. The summed E-state index contributed by atoms with van der Waals surface area (Å²) in [5.74, 6) is 0. The van der Waals surface area contributed by atoms with Gasteiger partial charge in [0.15, 0.2) is 0 Å². The Labute approximate surface area is 125 Å². The molecule has 1 saturated carbocycles. The number of nitrogens with one attached hydrogen (secondary N) is 2. The van der Waals surface area contributed by atoms with Crippen LogP contribution in [-0.4, -0.2) is 37.4 Å². The van der Waals surface area contributed by atoms with Gasteiger partial charge in [0.1, 0.15) is 6.61 Å². The van der Waals surface area contributed by atoms with E-state index in [9.17, 15) is 4.79 Å². The predicted molar refractivity (Wildman–Crippen MR) is 78.9 cm³/mol. The van der Waals surface area contributed by atoms with Crippen LogP contribution < -0.4 is 10.6 Å². The van der Waals surface area contributed by atoms with Crippen LogP contribution in [0.4, 0.5) is 4.79 Å². The first kappa shape index (κ1) is 14.4. The Balaban J connectivity index is 1.30. The Morgan fingerprint density at radius 2 is 2.00 bits per heavy atom. The van der Waals surface area contributed by atoms with Gasteiger partial charge in [-0.1, -0.05) is 30.3 Å². The van der Waals surface area contributed by atoms with Crippen molar-refractivity contribution in [1.82, 2.24) is 10.6 Å². The van der Waals surface area contributed by atoms with E-state index in [4.69, 9.17) is 9.47 Å². The molecule has 1 unspecified atom stereocenters. The molecule has 1 aromatic carbocycles. The second-order valence-electron chi connectivity index (χ2n) is 5.80. The highest BCUT2D eigenvalue weighted by Gasteiger charge is 2.32.